The van der Waals surface area contributed by atoms with Crippen molar-refractivity contribution in [2.75, 3.05) is 6.61 Å². The number of hydrogen-bond donors (Lipinski definition) is 0. The number of carbonyl (C=O) groups is 1. The predicted molar refractivity (Wildman–Crippen MR) is 164 cm³/mol. The summed E-state index contributed by atoms with van der Waals surface area (Å²) >= 11 is 0. The molecule has 216 valence electrons. The zero-order chi connectivity index (χ0) is 28.3. The Morgan fingerprint density at radius 3 is 2.08 bits per heavy atom. The summed E-state index contributed by atoms with van der Waals surface area (Å²) in [6.07, 6.45) is 20.6. The van der Waals surface area contributed by atoms with Crippen molar-refractivity contribution in [3.8, 4) is 17.1 Å². The highest BCUT2D eigenvalue weighted by atomic mass is 16.5. The summed E-state index contributed by atoms with van der Waals surface area (Å²) in [4.78, 5) is 21.3. The van der Waals surface area contributed by atoms with E-state index in [1.54, 1.807) is 12.1 Å². The summed E-state index contributed by atoms with van der Waals surface area (Å²) < 4.78 is 11.5. The van der Waals surface area contributed by atoms with Crippen molar-refractivity contribution in [3.05, 3.63) is 78.1 Å². The second kappa shape index (κ2) is 19.0. The number of benzene rings is 2. The third kappa shape index (κ3) is 12.3. The average Bonchev–Trinajstić information content (AvgIpc) is 2.99. The van der Waals surface area contributed by atoms with E-state index in [0.29, 0.717) is 5.56 Å². The first-order valence-electron chi connectivity index (χ1n) is 15.5. The molecule has 0 spiro atoms. The summed E-state index contributed by atoms with van der Waals surface area (Å²) in [5.74, 6) is 1.42. The van der Waals surface area contributed by atoms with Crippen LogP contribution >= 0.6 is 0 Å². The monoisotopic (exact) mass is 544 g/mol. The highest BCUT2D eigenvalue weighted by Crippen LogP contribution is 2.20. The molecule has 1 unspecified atom stereocenters. The average molecular weight is 545 g/mol. The fourth-order valence-corrected chi connectivity index (χ4v) is 4.76. The molecule has 1 aromatic heterocycles. The van der Waals surface area contributed by atoms with Gasteiger partial charge in [0.05, 0.1) is 18.3 Å². The van der Waals surface area contributed by atoms with Crippen LogP contribution in [0, 0.1) is 0 Å². The van der Waals surface area contributed by atoms with Gasteiger partial charge in [0.25, 0.3) is 0 Å². The van der Waals surface area contributed by atoms with Gasteiger partial charge in [-0.2, -0.15) is 0 Å². The number of aromatic nitrogens is 2. The summed E-state index contributed by atoms with van der Waals surface area (Å²) in [6.45, 7) is 5.01. The number of nitrogens with zero attached hydrogens (tertiary/aromatic N) is 2. The molecule has 5 heteroatoms. The highest BCUT2D eigenvalue weighted by molar-refractivity contribution is 5.89. The van der Waals surface area contributed by atoms with Crippen molar-refractivity contribution >= 4 is 5.97 Å². The van der Waals surface area contributed by atoms with Gasteiger partial charge in [-0.3, -0.25) is 0 Å². The van der Waals surface area contributed by atoms with Crippen LogP contribution in [0.2, 0.25) is 0 Å². The summed E-state index contributed by atoms with van der Waals surface area (Å²) in [5.41, 5.74) is 2.78. The van der Waals surface area contributed by atoms with E-state index in [2.05, 4.69) is 16.9 Å². The van der Waals surface area contributed by atoms with Gasteiger partial charge in [0.1, 0.15) is 5.75 Å². The van der Waals surface area contributed by atoms with Crippen LogP contribution in [0.1, 0.15) is 113 Å². The maximum atomic E-state index is 12.1. The van der Waals surface area contributed by atoms with E-state index in [-0.39, 0.29) is 12.1 Å². The van der Waals surface area contributed by atoms with Crippen LogP contribution in [-0.2, 0) is 11.2 Å². The number of esters is 1. The van der Waals surface area contributed by atoms with Crippen LogP contribution in [0.4, 0.5) is 0 Å². The fraction of sp³-hybridized carbons (Fsp3) is 0.514. The Labute approximate surface area is 241 Å². The van der Waals surface area contributed by atoms with Gasteiger partial charge in [-0.1, -0.05) is 82.9 Å². The highest BCUT2D eigenvalue weighted by Gasteiger charge is 2.11. The van der Waals surface area contributed by atoms with Crippen LogP contribution in [0.3, 0.4) is 0 Å². The molecule has 1 atom stereocenters. The van der Waals surface area contributed by atoms with Crippen LogP contribution in [0.25, 0.3) is 11.4 Å². The molecular weight excluding hydrogens is 496 g/mol. The fourth-order valence-electron chi connectivity index (χ4n) is 4.76. The normalized spacial score (nSPS) is 11.8. The van der Waals surface area contributed by atoms with Crippen molar-refractivity contribution in [2.45, 2.75) is 110 Å². The first kappa shape index (κ1) is 31.3. The Kier molecular flexibility index (Phi) is 14.9. The predicted octanol–water partition coefficient (Wildman–Crippen LogP) is 9.40. The molecule has 0 amide bonds. The Morgan fingerprint density at radius 1 is 0.750 bits per heavy atom. The molecule has 0 aliphatic carbocycles. The first-order chi connectivity index (χ1) is 19.7. The number of carbonyl (C=O) groups excluding carboxylic acids is 1. The van der Waals surface area contributed by atoms with Crippen LogP contribution in [0.15, 0.2) is 67.0 Å². The van der Waals surface area contributed by atoms with Gasteiger partial charge in [0, 0.05) is 18.0 Å². The maximum Gasteiger partial charge on any atom is 0.338 e. The molecule has 3 rings (SSSR count). The maximum absolute atomic E-state index is 12.1. The molecule has 40 heavy (non-hydrogen) atoms. The van der Waals surface area contributed by atoms with Gasteiger partial charge in [-0.25, -0.2) is 14.8 Å². The molecule has 0 aliphatic rings. The van der Waals surface area contributed by atoms with E-state index in [1.807, 2.05) is 61.8 Å². The molecule has 5 nitrogen and oxygen atoms in total. The van der Waals surface area contributed by atoms with Gasteiger partial charge in [0.15, 0.2) is 5.82 Å². The lowest BCUT2D eigenvalue weighted by atomic mass is 10.1. The minimum Gasteiger partial charge on any atom is -0.494 e. The molecule has 1 heterocycles. The quantitative estimate of drug-likeness (QED) is 0.105. The number of ether oxygens (including phenoxy) is 2. The Balaban J connectivity index is 1.25. The van der Waals surface area contributed by atoms with E-state index in [9.17, 15) is 4.79 Å². The van der Waals surface area contributed by atoms with Gasteiger partial charge in [-0.15, -0.1) is 0 Å². The lowest BCUT2D eigenvalue weighted by molar-refractivity contribution is 0.0319. The molecule has 0 aliphatic heterocycles. The topological polar surface area (TPSA) is 61.3 Å². The van der Waals surface area contributed by atoms with Gasteiger partial charge in [0.2, 0.25) is 0 Å². The molecule has 2 aromatic carbocycles. The largest absolute Gasteiger partial charge is 0.494 e. The van der Waals surface area contributed by atoms with Crippen molar-refractivity contribution in [2.24, 2.45) is 0 Å². The Morgan fingerprint density at radius 2 is 1.38 bits per heavy atom. The van der Waals surface area contributed by atoms with Crippen LogP contribution in [0.5, 0.6) is 5.75 Å². The molecule has 0 fully saturated rings. The van der Waals surface area contributed by atoms with Crippen molar-refractivity contribution < 1.29 is 14.3 Å². The van der Waals surface area contributed by atoms with Crippen molar-refractivity contribution in [3.63, 3.8) is 0 Å². The van der Waals surface area contributed by atoms with E-state index < -0.39 is 0 Å². The SMILES string of the molecule is CCCCCCCCCCOc1ccc(-c2ncc(CCCCCCC(C)OC(=O)c3ccccc3)cn2)cc1. The zero-order valence-electron chi connectivity index (χ0n) is 24.7. The molecule has 0 bridgehead atoms. The van der Waals surface area contributed by atoms with E-state index >= 15 is 0 Å². The van der Waals surface area contributed by atoms with Gasteiger partial charge < -0.3 is 9.47 Å². The van der Waals surface area contributed by atoms with Crippen LogP contribution < -0.4 is 4.74 Å². The second-order valence-electron chi connectivity index (χ2n) is 10.8. The third-order valence-electron chi connectivity index (χ3n) is 7.23. The van der Waals surface area contributed by atoms with E-state index in [0.717, 1.165) is 68.7 Å². The molecule has 0 N–H and O–H groups in total. The molecule has 0 saturated carbocycles. The summed E-state index contributed by atoms with van der Waals surface area (Å²) in [6, 6.07) is 17.3. The molecular formula is C35H48N2O3. The lowest BCUT2D eigenvalue weighted by Gasteiger charge is -2.13. The molecule has 0 saturated heterocycles. The van der Waals surface area contributed by atoms with Crippen LogP contribution in [-0.4, -0.2) is 28.6 Å². The van der Waals surface area contributed by atoms with Gasteiger partial charge in [-0.05, 0) is 81.0 Å². The minimum atomic E-state index is -0.241. The van der Waals surface area contributed by atoms with Gasteiger partial charge >= 0.3 is 5.97 Å². The number of unbranched alkanes of at least 4 members (excludes halogenated alkanes) is 10. The minimum absolute atomic E-state index is 0.0656. The van der Waals surface area contributed by atoms with Crippen molar-refractivity contribution in [1.82, 2.24) is 9.97 Å². The second-order valence-corrected chi connectivity index (χ2v) is 10.8. The zero-order valence-corrected chi connectivity index (χ0v) is 24.7. The number of hydrogen-bond acceptors (Lipinski definition) is 5. The Bertz CT molecular complexity index is 1070. The lowest BCUT2D eigenvalue weighted by Crippen LogP contribution is -2.14. The first-order valence-corrected chi connectivity index (χ1v) is 15.5. The number of aryl methyl sites for hydroxylation is 1. The molecule has 0 radical (unpaired) electrons. The third-order valence-corrected chi connectivity index (χ3v) is 7.23. The number of rotatable bonds is 20. The summed E-state index contributed by atoms with van der Waals surface area (Å²) in [5, 5.41) is 0. The Hall–Kier alpha value is -3.21. The van der Waals surface area contributed by atoms with E-state index in [4.69, 9.17) is 9.47 Å². The smallest absolute Gasteiger partial charge is 0.338 e. The molecule has 3 aromatic rings. The standard InChI is InChI=1S/C35H48N2O3/c1-3-4-5-6-7-8-11-17-26-39-33-24-22-31(23-25-33)34-36-27-30(28-37-34)19-14-10-9-13-18-29(2)40-35(38)32-20-15-12-16-21-32/h12,15-16,20-25,27-29H,3-11,13-14,17-19,26H2,1-2H3. The van der Waals surface area contributed by atoms with E-state index in [1.165, 1.54) is 50.5 Å². The summed E-state index contributed by atoms with van der Waals surface area (Å²) in [7, 11) is 0. The van der Waals surface area contributed by atoms with Crippen molar-refractivity contribution in [1.29, 1.82) is 0 Å².